The Morgan fingerprint density at radius 1 is 0.862 bits per heavy atom. The Bertz CT molecular complexity index is 950. The largest absolute Gasteiger partial charge is 0.479 e. The lowest BCUT2D eigenvalue weighted by Crippen LogP contribution is -2.61. The molecule has 9 heteroatoms. The third-order valence-corrected chi connectivity index (χ3v) is 4.28. The Morgan fingerprint density at radius 2 is 1.31 bits per heavy atom. The van der Waals surface area contributed by atoms with Gasteiger partial charge in [0.05, 0.1) is 5.56 Å². The van der Waals surface area contributed by atoms with Crippen LogP contribution in [0.2, 0.25) is 0 Å². The number of rotatable bonds is 7. The van der Waals surface area contributed by atoms with Crippen LogP contribution in [0.5, 0.6) is 0 Å². The van der Waals surface area contributed by atoms with E-state index in [0.29, 0.717) is 11.1 Å². The minimum absolute atomic E-state index is 0. The second-order valence-corrected chi connectivity index (χ2v) is 6.13. The van der Waals surface area contributed by atoms with Crippen molar-refractivity contribution in [2.24, 2.45) is 0 Å². The number of esters is 1. The maximum Gasteiger partial charge on any atom is 0.360 e. The summed E-state index contributed by atoms with van der Waals surface area (Å²) in [5, 5.41) is 29.0. The first-order valence-electron chi connectivity index (χ1n) is 8.16. The maximum absolute atomic E-state index is 13.0. The molecule has 0 unspecified atom stereocenters. The van der Waals surface area contributed by atoms with Crippen LogP contribution in [0.1, 0.15) is 31.8 Å². The normalized spacial score (nSPS) is 13.3. The second-order valence-electron chi connectivity index (χ2n) is 6.13. The van der Waals surface area contributed by atoms with Crippen molar-refractivity contribution in [1.82, 2.24) is 0 Å². The molecular formula is C20H20O9. The average molecular weight is 404 g/mol. The van der Waals surface area contributed by atoms with Gasteiger partial charge in [0, 0.05) is 5.56 Å². The first kappa shape index (κ1) is 23.5. The Balaban J connectivity index is 0.00000420. The lowest BCUT2D eigenvalue weighted by atomic mass is 9.85. The fourth-order valence-corrected chi connectivity index (χ4v) is 2.69. The van der Waals surface area contributed by atoms with Gasteiger partial charge in [0.15, 0.2) is 0 Å². The van der Waals surface area contributed by atoms with Crippen LogP contribution < -0.4 is 0 Å². The topological polar surface area (TPSA) is 170 Å². The first-order chi connectivity index (χ1) is 13.1. The van der Waals surface area contributed by atoms with Crippen molar-refractivity contribution < 1.29 is 44.7 Å². The molecule has 5 N–H and O–H groups in total. The summed E-state index contributed by atoms with van der Waals surface area (Å²) in [6.07, 6.45) is -2.83. The van der Waals surface area contributed by atoms with Crippen molar-refractivity contribution >= 4 is 23.7 Å². The fraction of sp³-hybridized carbons (Fsp3) is 0.200. The standard InChI is InChI=1S/C20H18O8.H2O/c1-11-7-3-5-9-13(11)15(21)20(19(26)27,16(22)17(23)24)28-18(25)14-10-6-4-8-12(14)2;/h3-10,16,22H,1-2H3,(H,23,24)(H,26,27);1H2/t16-,20+;/m1./s1. The molecule has 2 aromatic rings. The van der Waals surface area contributed by atoms with E-state index in [0.717, 1.165) is 0 Å². The number of Topliss-reactive ketones (excluding diaryl/α,β-unsaturated/α-hetero) is 1. The van der Waals surface area contributed by atoms with Crippen molar-refractivity contribution in [2.75, 3.05) is 0 Å². The van der Waals surface area contributed by atoms with E-state index in [9.17, 15) is 34.5 Å². The van der Waals surface area contributed by atoms with Gasteiger partial charge in [-0.1, -0.05) is 42.5 Å². The van der Waals surface area contributed by atoms with E-state index in [1.165, 1.54) is 37.3 Å². The Labute approximate surface area is 165 Å². The molecule has 0 amide bonds. The lowest BCUT2D eigenvalue weighted by Gasteiger charge is -2.30. The van der Waals surface area contributed by atoms with Gasteiger partial charge in [-0.3, -0.25) is 4.79 Å². The van der Waals surface area contributed by atoms with Crippen molar-refractivity contribution in [3.05, 3.63) is 70.8 Å². The average Bonchev–Trinajstić information content (AvgIpc) is 2.65. The zero-order valence-corrected chi connectivity index (χ0v) is 15.6. The summed E-state index contributed by atoms with van der Waals surface area (Å²) in [5.74, 6) is -6.72. The number of aryl methyl sites for hydroxylation is 2. The second kappa shape index (κ2) is 9.09. The number of aliphatic hydroxyl groups is 1. The van der Waals surface area contributed by atoms with E-state index in [2.05, 4.69) is 0 Å². The summed E-state index contributed by atoms with van der Waals surface area (Å²) in [4.78, 5) is 49.1. The predicted octanol–water partition coefficient (Wildman–Crippen LogP) is 0.787. The molecule has 0 aliphatic rings. The van der Waals surface area contributed by atoms with Crippen LogP contribution in [0.25, 0.3) is 0 Å². The molecule has 0 saturated carbocycles. The van der Waals surface area contributed by atoms with E-state index in [1.807, 2.05) is 0 Å². The molecule has 0 fully saturated rings. The summed E-state index contributed by atoms with van der Waals surface area (Å²) < 4.78 is 4.94. The third-order valence-electron chi connectivity index (χ3n) is 4.28. The molecular weight excluding hydrogens is 384 g/mol. The van der Waals surface area contributed by atoms with Crippen LogP contribution in [0.3, 0.4) is 0 Å². The van der Waals surface area contributed by atoms with E-state index >= 15 is 0 Å². The van der Waals surface area contributed by atoms with E-state index in [4.69, 9.17) is 4.74 Å². The van der Waals surface area contributed by atoms with Gasteiger partial charge in [0.1, 0.15) is 0 Å². The minimum Gasteiger partial charge on any atom is -0.479 e. The van der Waals surface area contributed by atoms with Crippen LogP contribution in [0, 0.1) is 13.8 Å². The molecule has 0 saturated heterocycles. The smallest absolute Gasteiger partial charge is 0.360 e. The van der Waals surface area contributed by atoms with Gasteiger partial charge in [0.25, 0.3) is 0 Å². The number of ketones is 1. The zero-order chi connectivity index (χ0) is 21.1. The minimum atomic E-state index is -3.36. The molecule has 0 aliphatic heterocycles. The number of carbonyl (C=O) groups excluding carboxylic acids is 2. The van der Waals surface area contributed by atoms with Crippen LogP contribution in [0.4, 0.5) is 0 Å². The molecule has 0 heterocycles. The van der Waals surface area contributed by atoms with Crippen molar-refractivity contribution in [1.29, 1.82) is 0 Å². The predicted molar refractivity (Wildman–Crippen MR) is 99.7 cm³/mol. The molecule has 154 valence electrons. The van der Waals surface area contributed by atoms with Crippen molar-refractivity contribution in [2.45, 2.75) is 25.6 Å². The number of aliphatic carboxylic acids is 2. The monoisotopic (exact) mass is 404 g/mol. The molecule has 0 aliphatic carbocycles. The summed E-state index contributed by atoms with van der Waals surface area (Å²) >= 11 is 0. The number of hydrogen-bond acceptors (Lipinski definition) is 6. The van der Waals surface area contributed by atoms with Crippen molar-refractivity contribution in [3.8, 4) is 0 Å². The molecule has 0 bridgehead atoms. The van der Waals surface area contributed by atoms with Gasteiger partial charge in [-0.2, -0.15) is 0 Å². The maximum atomic E-state index is 13.0. The fourth-order valence-electron chi connectivity index (χ4n) is 2.69. The first-order valence-corrected chi connectivity index (χ1v) is 8.16. The summed E-state index contributed by atoms with van der Waals surface area (Å²) in [7, 11) is 0. The Hall–Kier alpha value is -3.56. The van der Waals surface area contributed by atoms with Gasteiger partial charge in [-0.05, 0) is 31.0 Å². The number of hydrogen-bond donors (Lipinski definition) is 3. The van der Waals surface area contributed by atoms with Crippen LogP contribution >= 0.6 is 0 Å². The highest BCUT2D eigenvalue weighted by molar-refractivity contribution is 6.19. The molecule has 2 rings (SSSR count). The number of carboxylic acids is 2. The molecule has 0 radical (unpaired) electrons. The van der Waals surface area contributed by atoms with Crippen LogP contribution in [0.15, 0.2) is 48.5 Å². The highest BCUT2D eigenvalue weighted by Gasteiger charge is 2.60. The molecule has 2 atom stereocenters. The van der Waals surface area contributed by atoms with Gasteiger partial charge in [-0.15, -0.1) is 0 Å². The van der Waals surface area contributed by atoms with E-state index in [1.54, 1.807) is 25.1 Å². The number of aliphatic hydroxyl groups excluding tert-OH is 1. The van der Waals surface area contributed by atoms with Gasteiger partial charge in [-0.25, -0.2) is 14.4 Å². The van der Waals surface area contributed by atoms with Crippen LogP contribution in [-0.2, 0) is 14.3 Å². The van der Waals surface area contributed by atoms with E-state index in [-0.39, 0.29) is 16.6 Å². The molecule has 9 nitrogen and oxygen atoms in total. The number of ether oxygens (including phenoxy) is 1. The zero-order valence-electron chi connectivity index (χ0n) is 15.6. The molecule has 29 heavy (non-hydrogen) atoms. The summed E-state index contributed by atoms with van der Waals surface area (Å²) in [6.45, 7) is 3.05. The number of benzene rings is 2. The van der Waals surface area contributed by atoms with Gasteiger partial charge < -0.3 is 25.5 Å². The quantitative estimate of drug-likeness (QED) is 0.345. The Kier molecular flexibility index (Phi) is 7.36. The van der Waals surface area contributed by atoms with E-state index < -0.39 is 35.4 Å². The SMILES string of the molecule is Cc1ccccc1C(=O)O[C@@](C(=O)O)(C(=O)c1ccccc1C)[C@H](O)C(=O)O.O. The highest BCUT2D eigenvalue weighted by atomic mass is 16.6. The summed E-state index contributed by atoms with van der Waals surface area (Å²) in [5.41, 5.74) is -2.88. The highest BCUT2D eigenvalue weighted by Crippen LogP contribution is 2.27. The summed E-state index contributed by atoms with van der Waals surface area (Å²) in [6, 6.07) is 11.8. The Morgan fingerprint density at radius 3 is 1.72 bits per heavy atom. The van der Waals surface area contributed by atoms with Crippen LogP contribution in [-0.4, -0.2) is 56.2 Å². The van der Waals surface area contributed by atoms with Gasteiger partial charge >= 0.3 is 23.5 Å². The van der Waals surface area contributed by atoms with Crippen molar-refractivity contribution in [3.63, 3.8) is 0 Å². The number of carbonyl (C=O) groups is 4. The molecule has 0 spiro atoms. The number of carboxylic acid groups (broad SMARTS) is 2. The third kappa shape index (κ3) is 4.31. The molecule has 0 aromatic heterocycles. The van der Waals surface area contributed by atoms with Gasteiger partial charge in [0.2, 0.25) is 11.9 Å². The molecule has 2 aromatic carbocycles. The lowest BCUT2D eigenvalue weighted by molar-refractivity contribution is -0.176.